The van der Waals surface area contributed by atoms with Crippen molar-refractivity contribution in [2.24, 2.45) is 0 Å². The van der Waals surface area contributed by atoms with E-state index in [1.165, 1.54) is 16.5 Å². The molecule has 9 aromatic carbocycles. The Bertz CT molecular complexity index is 3260. The first kappa shape index (κ1) is 31.1. The smallest absolute Gasteiger partial charge is 0.167 e. The van der Waals surface area contributed by atoms with Crippen molar-refractivity contribution in [2.75, 3.05) is 0 Å². The maximum absolute atomic E-state index is 6.95. The second-order valence-corrected chi connectivity index (χ2v) is 13.9. The van der Waals surface area contributed by atoms with Crippen LogP contribution in [0.1, 0.15) is 0 Å². The van der Waals surface area contributed by atoms with Crippen LogP contribution in [-0.4, -0.2) is 15.0 Å². The van der Waals surface area contributed by atoms with E-state index in [2.05, 4.69) is 158 Å². The second kappa shape index (κ2) is 12.6. The topological polar surface area (TPSA) is 51.8 Å². The lowest BCUT2D eigenvalue weighted by Gasteiger charge is -2.12. The van der Waals surface area contributed by atoms with Gasteiger partial charge in [-0.25, -0.2) is 15.0 Å². The monoisotopic (exact) mass is 701 g/mol. The number of aromatic nitrogens is 3. The molecule has 0 spiro atoms. The quantitative estimate of drug-likeness (QED) is 0.168. The normalized spacial score (nSPS) is 11.6. The fourth-order valence-electron chi connectivity index (χ4n) is 8.10. The predicted molar refractivity (Wildman–Crippen MR) is 227 cm³/mol. The summed E-state index contributed by atoms with van der Waals surface area (Å²) in [6, 6.07) is 65.7. The van der Waals surface area contributed by atoms with Gasteiger partial charge in [-0.15, -0.1) is 0 Å². The first-order chi connectivity index (χ1) is 27.3. The molecule has 4 heteroatoms. The molecule has 2 aromatic heterocycles. The molecule has 55 heavy (non-hydrogen) atoms. The number of hydrogen-bond acceptors (Lipinski definition) is 4. The van der Waals surface area contributed by atoms with Crippen LogP contribution in [0.5, 0.6) is 0 Å². The number of furan rings is 1. The number of nitrogens with zero attached hydrogens (tertiary/aromatic N) is 3. The lowest BCUT2D eigenvalue weighted by Crippen LogP contribution is -2.01. The van der Waals surface area contributed by atoms with Gasteiger partial charge in [-0.3, -0.25) is 0 Å². The van der Waals surface area contributed by atoms with Crippen LogP contribution in [0.3, 0.4) is 0 Å². The summed E-state index contributed by atoms with van der Waals surface area (Å²) in [7, 11) is 0. The number of rotatable bonds is 5. The van der Waals surface area contributed by atoms with E-state index in [0.29, 0.717) is 17.5 Å². The van der Waals surface area contributed by atoms with Crippen LogP contribution < -0.4 is 0 Å². The van der Waals surface area contributed by atoms with Crippen LogP contribution >= 0.6 is 0 Å². The molecule has 0 aliphatic rings. The number of benzene rings is 9. The lowest BCUT2D eigenvalue weighted by molar-refractivity contribution is 0.673. The number of fused-ring (bicyclic) bond motifs is 8. The molecule has 0 bridgehead atoms. The van der Waals surface area contributed by atoms with Crippen LogP contribution in [0.25, 0.3) is 111 Å². The minimum absolute atomic E-state index is 0.561. The van der Waals surface area contributed by atoms with Gasteiger partial charge in [-0.05, 0) is 73.5 Å². The highest BCUT2D eigenvalue weighted by Crippen LogP contribution is 2.43. The minimum atomic E-state index is 0.561. The van der Waals surface area contributed by atoms with Crippen LogP contribution in [0.4, 0.5) is 0 Å². The molecule has 256 valence electrons. The van der Waals surface area contributed by atoms with Crippen molar-refractivity contribution in [2.45, 2.75) is 0 Å². The summed E-state index contributed by atoms with van der Waals surface area (Å²) >= 11 is 0. The maximum Gasteiger partial charge on any atom is 0.167 e. The fraction of sp³-hybridized carbons (Fsp3) is 0. The third-order valence-electron chi connectivity index (χ3n) is 10.7. The van der Waals surface area contributed by atoms with Gasteiger partial charge >= 0.3 is 0 Å². The molecule has 0 radical (unpaired) electrons. The highest BCUT2D eigenvalue weighted by molar-refractivity contribution is 6.20. The van der Waals surface area contributed by atoms with Crippen LogP contribution in [0.15, 0.2) is 192 Å². The molecule has 11 aromatic rings. The summed E-state index contributed by atoms with van der Waals surface area (Å²) in [4.78, 5) is 15.5. The summed E-state index contributed by atoms with van der Waals surface area (Å²) in [5.41, 5.74) is 8.97. The van der Waals surface area contributed by atoms with E-state index in [-0.39, 0.29) is 0 Å². The Morgan fingerprint density at radius 2 is 0.800 bits per heavy atom. The molecular weight excluding hydrogens is 671 g/mol. The van der Waals surface area contributed by atoms with Crippen molar-refractivity contribution < 1.29 is 4.42 Å². The van der Waals surface area contributed by atoms with E-state index in [1.54, 1.807) is 0 Å². The van der Waals surface area contributed by atoms with Crippen molar-refractivity contribution in [3.63, 3.8) is 0 Å². The summed E-state index contributed by atoms with van der Waals surface area (Å²) in [6.45, 7) is 0. The summed E-state index contributed by atoms with van der Waals surface area (Å²) < 4.78 is 6.95. The van der Waals surface area contributed by atoms with Gasteiger partial charge in [-0.2, -0.15) is 0 Å². The molecular formula is C51H31N3O. The second-order valence-electron chi connectivity index (χ2n) is 13.9. The van der Waals surface area contributed by atoms with Gasteiger partial charge in [-0.1, -0.05) is 164 Å². The first-order valence-corrected chi connectivity index (χ1v) is 18.5. The van der Waals surface area contributed by atoms with E-state index in [9.17, 15) is 0 Å². The molecule has 11 rings (SSSR count). The van der Waals surface area contributed by atoms with Gasteiger partial charge in [0.25, 0.3) is 0 Å². The SMILES string of the molecule is c1ccc(-c2cccc(-c3cc4c5cccc(-c6nc(-c7ccccc7)nc(-c7cc8ccccc8c8ccccc78)n6)c5oc4c4ccccc34)c2)cc1. The molecule has 0 N–H and O–H groups in total. The molecule has 0 saturated carbocycles. The van der Waals surface area contributed by atoms with Gasteiger partial charge in [0.15, 0.2) is 17.5 Å². The minimum Gasteiger partial charge on any atom is -0.455 e. The number of hydrogen-bond donors (Lipinski definition) is 0. The molecule has 0 aliphatic carbocycles. The Morgan fingerprint density at radius 3 is 1.58 bits per heavy atom. The van der Waals surface area contributed by atoms with Crippen molar-refractivity contribution in [1.82, 2.24) is 15.0 Å². The highest BCUT2D eigenvalue weighted by atomic mass is 16.3. The fourth-order valence-corrected chi connectivity index (χ4v) is 8.10. The van der Waals surface area contributed by atoms with E-state index in [1.807, 2.05) is 30.3 Å². The van der Waals surface area contributed by atoms with E-state index in [0.717, 1.165) is 76.7 Å². The average Bonchev–Trinajstić information content (AvgIpc) is 3.65. The lowest BCUT2D eigenvalue weighted by atomic mass is 9.93. The summed E-state index contributed by atoms with van der Waals surface area (Å²) in [6.07, 6.45) is 0. The largest absolute Gasteiger partial charge is 0.455 e. The summed E-state index contributed by atoms with van der Waals surface area (Å²) in [5.74, 6) is 1.78. The Labute approximate surface area is 317 Å². The molecule has 0 fully saturated rings. The van der Waals surface area contributed by atoms with E-state index in [4.69, 9.17) is 19.4 Å². The van der Waals surface area contributed by atoms with Gasteiger partial charge in [0, 0.05) is 27.3 Å². The molecule has 0 saturated heterocycles. The van der Waals surface area contributed by atoms with Crippen molar-refractivity contribution in [3.05, 3.63) is 188 Å². The maximum atomic E-state index is 6.95. The average molecular weight is 702 g/mol. The van der Waals surface area contributed by atoms with E-state index >= 15 is 0 Å². The third-order valence-corrected chi connectivity index (χ3v) is 10.7. The van der Waals surface area contributed by atoms with Crippen LogP contribution in [-0.2, 0) is 0 Å². The van der Waals surface area contributed by atoms with Crippen molar-refractivity contribution >= 4 is 54.3 Å². The van der Waals surface area contributed by atoms with Crippen LogP contribution in [0.2, 0.25) is 0 Å². The van der Waals surface area contributed by atoms with E-state index < -0.39 is 0 Å². The molecule has 2 heterocycles. The molecule has 0 aliphatic heterocycles. The molecule has 0 atom stereocenters. The molecule has 4 nitrogen and oxygen atoms in total. The Morgan fingerprint density at radius 1 is 0.273 bits per heavy atom. The molecule has 0 amide bonds. The van der Waals surface area contributed by atoms with Gasteiger partial charge in [0.05, 0.1) is 5.56 Å². The third kappa shape index (κ3) is 5.19. The zero-order valence-electron chi connectivity index (χ0n) is 29.6. The molecule has 0 unspecified atom stereocenters. The standard InChI is InChI=1S/C51H31N3O/c1-3-15-32(16-4-1)34-20-13-21-35(29-34)44-31-45-42-27-14-28-43(47(42)55-48(45)41-26-12-11-25-40(41)44)50-52-49(33-17-5-2-6-18-33)53-51(54-50)46-30-36-19-7-8-22-37(36)38-23-9-10-24-39(38)46/h1-31H. The van der Waals surface area contributed by atoms with Gasteiger partial charge in [0.2, 0.25) is 0 Å². The van der Waals surface area contributed by atoms with Crippen molar-refractivity contribution in [3.8, 4) is 56.4 Å². The zero-order valence-corrected chi connectivity index (χ0v) is 29.6. The van der Waals surface area contributed by atoms with Gasteiger partial charge < -0.3 is 4.42 Å². The van der Waals surface area contributed by atoms with Gasteiger partial charge in [0.1, 0.15) is 11.2 Å². The highest BCUT2D eigenvalue weighted by Gasteiger charge is 2.21. The van der Waals surface area contributed by atoms with Crippen molar-refractivity contribution in [1.29, 1.82) is 0 Å². The summed E-state index contributed by atoms with van der Waals surface area (Å²) in [5, 5.41) is 8.85. The Kier molecular flexibility index (Phi) is 7.14. The first-order valence-electron chi connectivity index (χ1n) is 18.5. The zero-order chi connectivity index (χ0) is 36.3. The number of para-hydroxylation sites is 1. The van der Waals surface area contributed by atoms with Crippen LogP contribution in [0, 0.1) is 0 Å². The predicted octanol–water partition coefficient (Wildman–Crippen LogP) is 13.6. The Hall–Kier alpha value is -7.43. The Balaban J connectivity index is 1.15.